The lowest BCUT2D eigenvalue weighted by atomic mass is 10.0. The second-order valence-corrected chi connectivity index (χ2v) is 3.01. The van der Waals surface area contributed by atoms with Crippen LogP contribution in [0.4, 0.5) is 0 Å². The lowest BCUT2D eigenvalue weighted by Crippen LogP contribution is -2.47. The van der Waals surface area contributed by atoms with Gasteiger partial charge in [-0.2, -0.15) is 0 Å². The zero-order valence-electron chi connectivity index (χ0n) is 6.29. The van der Waals surface area contributed by atoms with Crippen LogP contribution in [0.25, 0.3) is 0 Å². The Morgan fingerprint density at radius 3 is 2.67 bits per heavy atom. The van der Waals surface area contributed by atoms with E-state index in [-0.39, 0.29) is 18.8 Å². The van der Waals surface area contributed by atoms with Crippen LogP contribution in [0.5, 0.6) is 0 Å². The van der Waals surface area contributed by atoms with Crippen molar-refractivity contribution in [2.45, 2.75) is 30.5 Å². The Morgan fingerprint density at radius 1 is 1.33 bits per heavy atom. The number of rotatable bonds is 2. The minimum Gasteiger partial charge on any atom is -0.394 e. The maximum atomic E-state index is 10.4. The molecule has 5 atom stereocenters. The normalized spacial score (nSPS) is 51.3. The van der Waals surface area contributed by atoms with E-state index in [1.165, 1.54) is 0 Å². The Kier molecular flexibility index (Phi) is 1.88. The number of hydrogen-bond acceptors (Lipinski definition) is 5. The first kappa shape index (κ1) is 8.12. The van der Waals surface area contributed by atoms with E-state index in [1.54, 1.807) is 0 Å². The second kappa shape index (κ2) is 2.77. The molecular weight excluding hydrogens is 164 g/mol. The van der Waals surface area contributed by atoms with Gasteiger partial charge in [-0.1, -0.05) is 0 Å². The number of carbonyl (C=O) groups is 1. The molecule has 68 valence electrons. The van der Waals surface area contributed by atoms with Crippen molar-refractivity contribution in [3.8, 4) is 0 Å². The number of aldehydes is 1. The molecule has 0 amide bonds. The molecular formula is C7H10O5. The summed E-state index contributed by atoms with van der Waals surface area (Å²) in [5.74, 6) is 0. The van der Waals surface area contributed by atoms with Crippen LogP contribution in [0.2, 0.25) is 0 Å². The average Bonchev–Trinajstić information content (AvgIpc) is 2.85. The SMILES string of the molecule is O=C[C@H]1OC(CO)[C@@H](O)C2OC21. The van der Waals surface area contributed by atoms with Crippen molar-refractivity contribution in [2.75, 3.05) is 6.61 Å². The molecule has 0 aliphatic carbocycles. The average molecular weight is 174 g/mol. The van der Waals surface area contributed by atoms with Gasteiger partial charge in [0, 0.05) is 0 Å². The molecule has 2 saturated heterocycles. The lowest BCUT2D eigenvalue weighted by molar-refractivity contribution is -0.140. The molecule has 2 fully saturated rings. The Bertz CT molecular complexity index is 194. The maximum absolute atomic E-state index is 10.4. The van der Waals surface area contributed by atoms with Crippen LogP contribution in [0.15, 0.2) is 0 Å². The van der Waals surface area contributed by atoms with Gasteiger partial charge in [0.25, 0.3) is 0 Å². The Labute approximate surface area is 68.9 Å². The van der Waals surface area contributed by atoms with Gasteiger partial charge < -0.3 is 24.5 Å². The summed E-state index contributed by atoms with van der Waals surface area (Å²) in [4.78, 5) is 10.4. The summed E-state index contributed by atoms with van der Waals surface area (Å²) in [6.45, 7) is -0.294. The van der Waals surface area contributed by atoms with Crippen LogP contribution in [0, 0.1) is 0 Å². The standard InChI is InChI=1S/C7H10O5/c8-1-3-5(10)7-6(12-7)4(2-9)11-3/h2-8,10H,1H2/t3?,4-,5-,6?,7?/m1/s1. The summed E-state index contributed by atoms with van der Waals surface area (Å²) < 4.78 is 10.1. The third-order valence-electron chi connectivity index (χ3n) is 2.25. The van der Waals surface area contributed by atoms with Gasteiger partial charge in [-0.3, -0.25) is 0 Å². The molecule has 0 bridgehead atoms. The maximum Gasteiger partial charge on any atom is 0.151 e. The molecule has 0 saturated carbocycles. The van der Waals surface area contributed by atoms with E-state index < -0.39 is 18.3 Å². The second-order valence-electron chi connectivity index (χ2n) is 3.01. The van der Waals surface area contributed by atoms with Crippen molar-refractivity contribution in [3.05, 3.63) is 0 Å². The summed E-state index contributed by atoms with van der Waals surface area (Å²) in [6, 6.07) is 0. The summed E-state index contributed by atoms with van der Waals surface area (Å²) in [7, 11) is 0. The molecule has 2 N–H and O–H groups in total. The van der Waals surface area contributed by atoms with Gasteiger partial charge in [-0.15, -0.1) is 0 Å². The minimum absolute atomic E-state index is 0.294. The van der Waals surface area contributed by atoms with Gasteiger partial charge in [0.05, 0.1) is 6.61 Å². The van der Waals surface area contributed by atoms with Crippen molar-refractivity contribution in [1.82, 2.24) is 0 Å². The van der Waals surface area contributed by atoms with E-state index in [2.05, 4.69) is 0 Å². The van der Waals surface area contributed by atoms with E-state index in [1.807, 2.05) is 0 Å². The number of carbonyl (C=O) groups excluding carboxylic acids is 1. The zero-order chi connectivity index (χ0) is 8.72. The van der Waals surface area contributed by atoms with Crippen LogP contribution < -0.4 is 0 Å². The monoisotopic (exact) mass is 174 g/mol. The number of aliphatic hydroxyl groups is 2. The fraction of sp³-hybridized carbons (Fsp3) is 0.857. The van der Waals surface area contributed by atoms with Gasteiger partial charge in [-0.25, -0.2) is 0 Å². The fourth-order valence-corrected chi connectivity index (χ4v) is 1.51. The van der Waals surface area contributed by atoms with E-state index in [0.29, 0.717) is 6.29 Å². The molecule has 2 rings (SSSR count). The first-order valence-electron chi connectivity index (χ1n) is 3.83. The highest BCUT2D eigenvalue weighted by Gasteiger charge is 2.57. The summed E-state index contributed by atoms with van der Waals surface area (Å²) >= 11 is 0. The van der Waals surface area contributed by atoms with Crippen molar-refractivity contribution >= 4 is 6.29 Å². The Morgan fingerprint density at radius 2 is 2.08 bits per heavy atom. The van der Waals surface area contributed by atoms with Crippen molar-refractivity contribution in [3.63, 3.8) is 0 Å². The van der Waals surface area contributed by atoms with Gasteiger partial charge in [0.2, 0.25) is 0 Å². The molecule has 2 aliphatic heterocycles. The van der Waals surface area contributed by atoms with Crippen molar-refractivity contribution < 1.29 is 24.5 Å². The minimum atomic E-state index is -0.809. The largest absolute Gasteiger partial charge is 0.394 e. The lowest BCUT2D eigenvalue weighted by Gasteiger charge is -2.26. The van der Waals surface area contributed by atoms with E-state index in [4.69, 9.17) is 14.6 Å². The smallest absolute Gasteiger partial charge is 0.151 e. The van der Waals surface area contributed by atoms with Crippen molar-refractivity contribution in [2.24, 2.45) is 0 Å². The van der Waals surface area contributed by atoms with Crippen LogP contribution in [0.3, 0.4) is 0 Å². The molecule has 2 heterocycles. The van der Waals surface area contributed by atoms with Crippen LogP contribution >= 0.6 is 0 Å². The molecule has 12 heavy (non-hydrogen) atoms. The summed E-state index contributed by atoms with van der Waals surface area (Å²) in [5.41, 5.74) is 0. The van der Waals surface area contributed by atoms with E-state index >= 15 is 0 Å². The van der Waals surface area contributed by atoms with Gasteiger partial charge in [-0.05, 0) is 0 Å². The quantitative estimate of drug-likeness (QED) is 0.376. The molecule has 2 aliphatic rings. The summed E-state index contributed by atoms with van der Waals surface area (Å²) in [6.07, 6.45) is -2.12. The highest BCUT2D eigenvalue weighted by Crippen LogP contribution is 2.36. The number of hydrogen-bond donors (Lipinski definition) is 2. The predicted octanol–water partition coefficient (Wildman–Crippen LogP) is -1.93. The fourth-order valence-electron chi connectivity index (χ4n) is 1.51. The molecule has 5 nitrogen and oxygen atoms in total. The van der Waals surface area contributed by atoms with Crippen LogP contribution in [0.1, 0.15) is 0 Å². The van der Waals surface area contributed by atoms with E-state index in [9.17, 15) is 9.90 Å². The summed E-state index contributed by atoms with van der Waals surface area (Å²) in [5, 5.41) is 18.1. The highest BCUT2D eigenvalue weighted by atomic mass is 16.7. The predicted molar refractivity (Wildman–Crippen MR) is 36.5 cm³/mol. The third-order valence-corrected chi connectivity index (χ3v) is 2.25. The topological polar surface area (TPSA) is 79.3 Å². The van der Waals surface area contributed by atoms with Gasteiger partial charge in [0.1, 0.15) is 30.5 Å². The van der Waals surface area contributed by atoms with Crippen LogP contribution in [-0.2, 0) is 14.3 Å². The van der Waals surface area contributed by atoms with Gasteiger partial charge >= 0.3 is 0 Å². The van der Waals surface area contributed by atoms with Crippen LogP contribution in [-0.4, -0.2) is 53.6 Å². The Hall–Kier alpha value is -0.490. The molecule has 0 spiro atoms. The van der Waals surface area contributed by atoms with Gasteiger partial charge in [0.15, 0.2) is 6.29 Å². The number of fused-ring (bicyclic) bond motifs is 1. The molecule has 0 aromatic heterocycles. The molecule has 0 aromatic rings. The number of epoxide rings is 1. The molecule has 3 unspecified atom stereocenters. The van der Waals surface area contributed by atoms with Crippen molar-refractivity contribution in [1.29, 1.82) is 0 Å². The zero-order valence-corrected chi connectivity index (χ0v) is 6.29. The molecule has 0 aromatic carbocycles. The molecule has 0 radical (unpaired) electrons. The third kappa shape index (κ3) is 1.06. The number of ether oxygens (including phenoxy) is 2. The van der Waals surface area contributed by atoms with E-state index in [0.717, 1.165) is 0 Å². The Balaban J connectivity index is 2.05. The first-order valence-corrected chi connectivity index (χ1v) is 3.83. The highest BCUT2D eigenvalue weighted by molar-refractivity contribution is 5.58. The number of aliphatic hydroxyl groups excluding tert-OH is 2. The molecule has 5 heteroatoms. The first-order chi connectivity index (χ1) is 5.77.